The van der Waals surface area contributed by atoms with Crippen molar-refractivity contribution in [2.45, 2.75) is 0 Å². The van der Waals surface area contributed by atoms with Crippen LogP contribution in [-0.4, -0.2) is 45.9 Å². The lowest BCUT2D eigenvalue weighted by molar-refractivity contribution is 0.586. The lowest BCUT2D eigenvalue weighted by atomic mass is 10.3. The number of halogens is 2. The van der Waals surface area contributed by atoms with E-state index in [9.17, 15) is 0 Å². The molecule has 8 heteroatoms. The quantitative estimate of drug-likeness (QED) is 0.834. The third kappa shape index (κ3) is 2.50. The summed E-state index contributed by atoms with van der Waals surface area (Å²) in [6.07, 6.45) is 3.45. The smallest absolute Gasteiger partial charge is 0.163 e. The van der Waals surface area contributed by atoms with Crippen LogP contribution >= 0.6 is 24.8 Å². The molecule has 6 nitrogen and oxygen atoms in total. The second kappa shape index (κ2) is 6.17. The van der Waals surface area contributed by atoms with E-state index >= 15 is 0 Å². The number of aromatic nitrogens is 4. The fourth-order valence-corrected chi connectivity index (χ4v) is 2.08. The number of piperazine rings is 1. The van der Waals surface area contributed by atoms with Gasteiger partial charge < -0.3 is 10.2 Å². The molecule has 0 radical (unpaired) electrons. The van der Waals surface area contributed by atoms with Gasteiger partial charge in [-0.3, -0.25) is 4.68 Å². The monoisotopic (exact) mass is 290 g/mol. The van der Waals surface area contributed by atoms with Gasteiger partial charge in [0.25, 0.3) is 0 Å². The minimum absolute atomic E-state index is 0. The number of rotatable bonds is 1. The van der Waals surface area contributed by atoms with Crippen LogP contribution in [0.25, 0.3) is 11.0 Å². The zero-order valence-corrected chi connectivity index (χ0v) is 11.7. The van der Waals surface area contributed by atoms with Crippen LogP contribution in [0.1, 0.15) is 0 Å². The first-order valence-electron chi connectivity index (χ1n) is 5.44. The molecule has 18 heavy (non-hydrogen) atoms. The number of anilines is 1. The summed E-state index contributed by atoms with van der Waals surface area (Å²) in [7, 11) is 1.90. The van der Waals surface area contributed by atoms with Crippen LogP contribution in [0.2, 0.25) is 0 Å². The molecule has 2 aromatic heterocycles. The first-order chi connectivity index (χ1) is 7.86. The molecule has 3 rings (SSSR count). The molecular weight excluding hydrogens is 275 g/mol. The summed E-state index contributed by atoms with van der Waals surface area (Å²) in [5, 5.41) is 8.59. The summed E-state index contributed by atoms with van der Waals surface area (Å²) in [4.78, 5) is 10.9. The van der Waals surface area contributed by atoms with E-state index in [4.69, 9.17) is 0 Å². The topological polar surface area (TPSA) is 58.9 Å². The maximum Gasteiger partial charge on any atom is 0.163 e. The van der Waals surface area contributed by atoms with Crippen molar-refractivity contribution in [2.24, 2.45) is 7.05 Å². The van der Waals surface area contributed by atoms with Crippen molar-refractivity contribution >= 4 is 41.7 Å². The van der Waals surface area contributed by atoms with Crippen LogP contribution in [0.3, 0.4) is 0 Å². The normalized spacial score (nSPS) is 15.1. The molecule has 0 spiro atoms. The van der Waals surface area contributed by atoms with Crippen molar-refractivity contribution in [3.63, 3.8) is 0 Å². The van der Waals surface area contributed by atoms with Crippen LogP contribution in [0.4, 0.5) is 5.82 Å². The van der Waals surface area contributed by atoms with Gasteiger partial charge in [0.05, 0.1) is 11.6 Å². The van der Waals surface area contributed by atoms with Gasteiger partial charge in [0, 0.05) is 33.2 Å². The molecule has 0 atom stereocenters. The minimum atomic E-state index is 0. The Balaban J connectivity index is 0.000000810. The Morgan fingerprint density at radius 2 is 1.89 bits per heavy atom. The Morgan fingerprint density at radius 3 is 2.61 bits per heavy atom. The molecule has 0 bridgehead atoms. The number of hydrogen-bond acceptors (Lipinski definition) is 5. The van der Waals surface area contributed by atoms with Crippen LogP contribution in [0.15, 0.2) is 12.5 Å². The number of nitrogens with zero attached hydrogens (tertiary/aromatic N) is 5. The molecule has 0 saturated carbocycles. The Labute approximate surface area is 118 Å². The molecule has 1 N–H and O–H groups in total. The molecule has 3 heterocycles. The number of hydrogen-bond donors (Lipinski definition) is 1. The summed E-state index contributed by atoms with van der Waals surface area (Å²) in [5.74, 6) is 1.000. The molecule has 1 saturated heterocycles. The zero-order valence-electron chi connectivity index (χ0n) is 10.0. The summed E-state index contributed by atoms with van der Waals surface area (Å²) in [5.41, 5.74) is 0.892. The molecule has 1 aliphatic heterocycles. The predicted molar refractivity (Wildman–Crippen MR) is 75.9 cm³/mol. The highest BCUT2D eigenvalue weighted by Crippen LogP contribution is 2.21. The van der Waals surface area contributed by atoms with Crippen molar-refractivity contribution in [1.82, 2.24) is 25.1 Å². The summed E-state index contributed by atoms with van der Waals surface area (Å²) in [6, 6.07) is 0. The summed E-state index contributed by atoms with van der Waals surface area (Å²) < 4.78 is 1.78. The molecule has 0 aliphatic carbocycles. The summed E-state index contributed by atoms with van der Waals surface area (Å²) in [6.45, 7) is 3.99. The number of nitrogens with one attached hydrogen (secondary N) is 1. The second-order valence-electron chi connectivity index (χ2n) is 3.94. The standard InChI is InChI=1S/C10H14N6.2ClH/c1-15-9-8(6-14-15)10(13-7-12-9)16-4-2-11-3-5-16;;/h6-7,11H,2-5H2,1H3;2*1H. The van der Waals surface area contributed by atoms with E-state index < -0.39 is 0 Å². The maximum absolute atomic E-state index is 4.38. The maximum atomic E-state index is 4.38. The second-order valence-corrected chi connectivity index (χ2v) is 3.94. The molecule has 0 amide bonds. The van der Waals surface area contributed by atoms with Gasteiger partial charge in [-0.1, -0.05) is 0 Å². The van der Waals surface area contributed by atoms with Crippen LogP contribution in [-0.2, 0) is 7.05 Å². The summed E-state index contributed by atoms with van der Waals surface area (Å²) >= 11 is 0. The van der Waals surface area contributed by atoms with E-state index in [1.165, 1.54) is 0 Å². The lowest BCUT2D eigenvalue weighted by Crippen LogP contribution is -2.44. The van der Waals surface area contributed by atoms with Crippen molar-refractivity contribution < 1.29 is 0 Å². The van der Waals surface area contributed by atoms with Crippen molar-refractivity contribution in [3.05, 3.63) is 12.5 Å². The highest BCUT2D eigenvalue weighted by atomic mass is 35.5. The zero-order chi connectivity index (χ0) is 11.0. The van der Waals surface area contributed by atoms with Gasteiger partial charge in [-0.2, -0.15) is 5.10 Å². The van der Waals surface area contributed by atoms with Crippen molar-refractivity contribution in [3.8, 4) is 0 Å². The van der Waals surface area contributed by atoms with Gasteiger partial charge in [-0.25, -0.2) is 9.97 Å². The van der Waals surface area contributed by atoms with E-state index in [-0.39, 0.29) is 24.8 Å². The van der Waals surface area contributed by atoms with E-state index in [0.29, 0.717) is 0 Å². The van der Waals surface area contributed by atoms with Crippen LogP contribution < -0.4 is 10.2 Å². The highest BCUT2D eigenvalue weighted by Gasteiger charge is 2.16. The predicted octanol–water partition coefficient (Wildman–Crippen LogP) is 0.616. The fourth-order valence-electron chi connectivity index (χ4n) is 2.08. The van der Waals surface area contributed by atoms with Gasteiger partial charge >= 0.3 is 0 Å². The third-order valence-electron chi connectivity index (χ3n) is 2.92. The van der Waals surface area contributed by atoms with Crippen molar-refractivity contribution in [1.29, 1.82) is 0 Å². The average Bonchev–Trinajstić information content (AvgIpc) is 2.73. The first kappa shape index (κ1) is 14.9. The Hall–Kier alpha value is -1.11. The van der Waals surface area contributed by atoms with E-state index in [2.05, 4.69) is 25.3 Å². The van der Waals surface area contributed by atoms with Crippen molar-refractivity contribution in [2.75, 3.05) is 31.1 Å². The molecule has 1 fully saturated rings. The van der Waals surface area contributed by atoms with Crippen LogP contribution in [0.5, 0.6) is 0 Å². The Kier molecular flexibility index (Phi) is 5.13. The highest BCUT2D eigenvalue weighted by molar-refractivity contribution is 5.86. The fraction of sp³-hybridized carbons (Fsp3) is 0.500. The van der Waals surface area contributed by atoms with Crippen LogP contribution in [0, 0.1) is 0 Å². The first-order valence-corrected chi connectivity index (χ1v) is 5.44. The molecule has 1 aliphatic rings. The molecule has 0 aromatic carbocycles. The van der Waals surface area contributed by atoms with Gasteiger partial charge in [0.2, 0.25) is 0 Å². The molecular formula is C10H16Cl2N6. The molecule has 100 valence electrons. The van der Waals surface area contributed by atoms with Gasteiger partial charge in [0.15, 0.2) is 5.65 Å². The minimum Gasteiger partial charge on any atom is -0.353 e. The number of fused-ring (bicyclic) bond motifs is 1. The van der Waals surface area contributed by atoms with E-state index in [0.717, 1.165) is 43.0 Å². The Morgan fingerprint density at radius 1 is 1.17 bits per heavy atom. The third-order valence-corrected chi connectivity index (χ3v) is 2.92. The molecule has 0 unspecified atom stereocenters. The Bertz CT molecular complexity index is 508. The molecule has 2 aromatic rings. The lowest BCUT2D eigenvalue weighted by Gasteiger charge is -2.28. The van der Waals surface area contributed by atoms with E-state index in [1.54, 1.807) is 11.0 Å². The van der Waals surface area contributed by atoms with E-state index in [1.807, 2.05) is 13.2 Å². The largest absolute Gasteiger partial charge is 0.353 e. The number of aryl methyl sites for hydroxylation is 1. The van der Waals surface area contributed by atoms with Gasteiger partial charge in [0.1, 0.15) is 12.1 Å². The average molecular weight is 291 g/mol. The SMILES string of the molecule is Cl.Cl.Cn1ncc2c(N3CCNCC3)ncnc21. The van der Waals surface area contributed by atoms with Gasteiger partial charge in [-0.05, 0) is 0 Å². The van der Waals surface area contributed by atoms with Gasteiger partial charge in [-0.15, -0.1) is 24.8 Å².